The van der Waals surface area contributed by atoms with E-state index in [-0.39, 0.29) is 12.0 Å². The first-order valence-electron chi connectivity index (χ1n) is 7.92. The van der Waals surface area contributed by atoms with Gasteiger partial charge in [-0.3, -0.25) is 14.3 Å². The van der Waals surface area contributed by atoms with Crippen molar-refractivity contribution in [2.75, 3.05) is 32.7 Å². The van der Waals surface area contributed by atoms with E-state index in [9.17, 15) is 9.90 Å². The van der Waals surface area contributed by atoms with Crippen LogP contribution >= 0.6 is 0 Å². The van der Waals surface area contributed by atoms with Crippen molar-refractivity contribution < 1.29 is 9.90 Å². The van der Waals surface area contributed by atoms with E-state index in [4.69, 9.17) is 0 Å². The third kappa shape index (κ3) is 3.60. The molecule has 2 heterocycles. The molecule has 2 aromatic rings. The first kappa shape index (κ1) is 15.7. The fourth-order valence-corrected chi connectivity index (χ4v) is 2.92. The molecule has 1 fully saturated rings. The first-order valence-corrected chi connectivity index (χ1v) is 7.92. The zero-order valence-electron chi connectivity index (χ0n) is 13.3. The molecule has 6 heteroatoms. The molecule has 1 aliphatic rings. The van der Waals surface area contributed by atoms with Gasteiger partial charge in [-0.1, -0.05) is 18.2 Å². The minimum atomic E-state index is -0.336. The molecule has 1 aliphatic heterocycles. The van der Waals surface area contributed by atoms with E-state index in [1.54, 1.807) is 19.4 Å². The summed E-state index contributed by atoms with van der Waals surface area (Å²) in [6.07, 6.45) is 2.96. The number of carbonyl (C=O) groups is 1. The summed E-state index contributed by atoms with van der Waals surface area (Å²) in [6.45, 7) is 5.36. The van der Waals surface area contributed by atoms with Crippen LogP contribution in [0.25, 0.3) is 5.69 Å². The molecular weight excluding hydrogens is 292 g/mol. The number of carbonyl (C=O) groups excluding carboxylic acids is 1. The zero-order valence-corrected chi connectivity index (χ0v) is 13.3. The highest BCUT2D eigenvalue weighted by molar-refractivity contribution is 5.93. The average molecular weight is 314 g/mol. The number of imidazole rings is 1. The number of hydrogen-bond donors (Lipinski definition) is 1. The third-order valence-corrected chi connectivity index (χ3v) is 4.07. The molecule has 122 valence electrons. The van der Waals surface area contributed by atoms with Crippen LogP contribution in [0.4, 0.5) is 0 Å². The van der Waals surface area contributed by atoms with E-state index >= 15 is 0 Å². The Morgan fingerprint density at radius 1 is 1.22 bits per heavy atom. The zero-order chi connectivity index (χ0) is 16.2. The van der Waals surface area contributed by atoms with Crippen LogP contribution in [-0.2, 0) is 0 Å². The molecule has 1 aromatic heterocycles. The lowest BCUT2D eigenvalue weighted by atomic mass is 10.2. The number of aliphatic hydroxyl groups excluding tert-OH is 1. The smallest absolute Gasteiger partial charge is 0.272 e. The molecule has 0 unspecified atom stereocenters. The van der Waals surface area contributed by atoms with Crippen LogP contribution in [0.15, 0.2) is 42.9 Å². The Kier molecular flexibility index (Phi) is 4.73. The van der Waals surface area contributed by atoms with Gasteiger partial charge in [0.2, 0.25) is 0 Å². The molecule has 1 saturated heterocycles. The summed E-state index contributed by atoms with van der Waals surface area (Å²) in [6, 6.07) is 9.75. The van der Waals surface area contributed by atoms with Gasteiger partial charge in [0, 0.05) is 38.4 Å². The molecule has 1 atom stereocenters. The lowest BCUT2D eigenvalue weighted by Gasteiger charge is -2.35. The quantitative estimate of drug-likeness (QED) is 0.915. The maximum atomic E-state index is 12.8. The number of para-hydroxylation sites is 1. The number of aromatic nitrogens is 2. The number of hydrogen-bond acceptors (Lipinski definition) is 4. The van der Waals surface area contributed by atoms with Crippen molar-refractivity contribution in [2.24, 2.45) is 0 Å². The van der Waals surface area contributed by atoms with Crippen LogP contribution in [0.1, 0.15) is 17.4 Å². The topological polar surface area (TPSA) is 61.6 Å². The van der Waals surface area contributed by atoms with Crippen molar-refractivity contribution in [3.8, 4) is 5.69 Å². The third-order valence-electron chi connectivity index (χ3n) is 4.07. The van der Waals surface area contributed by atoms with E-state index in [1.807, 2.05) is 39.8 Å². The van der Waals surface area contributed by atoms with E-state index in [0.717, 1.165) is 18.8 Å². The highest BCUT2D eigenvalue weighted by Gasteiger charge is 2.25. The SMILES string of the molecule is C[C@H](O)CN1CCN(C(=O)c2cncn2-c2ccccc2)CC1. The van der Waals surface area contributed by atoms with Crippen molar-refractivity contribution in [1.29, 1.82) is 0 Å². The highest BCUT2D eigenvalue weighted by atomic mass is 16.3. The van der Waals surface area contributed by atoms with Gasteiger partial charge in [-0.2, -0.15) is 0 Å². The monoisotopic (exact) mass is 314 g/mol. The maximum Gasteiger partial charge on any atom is 0.272 e. The number of benzene rings is 1. The maximum absolute atomic E-state index is 12.8. The van der Waals surface area contributed by atoms with Crippen LogP contribution in [0.3, 0.4) is 0 Å². The standard InChI is InChI=1S/C17H22N4O2/c1-14(22)12-19-7-9-20(10-8-19)17(23)16-11-18-13-21(16)15-5-3-2-4-6-15/h2-6,11,13-14,22H,7-10,12H2,1H3/t14-/m0/s1. The molecule has 0 radical (unpaired) electrons. The number of aliphatic hydroxyl groups is 1. The summed E-state index contributed by atoms with van der Waals surface area (Å²) in [5, 5.41) is 9.46. The van der Waals surface area contributed by atoms with Crippen LogP contribution in [-0.4, -0.2) is 69.2 Å². The molecule has 6 nitrogen and oxygen atoms in total. The molecule has 1 N–H and O–H groups in total. The Labute approximate surface area is 136 Å². The summed E-state index contributed by atoms with van der Waals surface area (Å²) in [5.41, 5.74) is 1.52. The van der Waals surface area contributed by atoms with E-state index in [1.165, 1.54) is 0 Å². The number of β-amino-alcohol motifs (C(OH)–C–C–N with tert-alkyl or cyclic N) is 1. The Hall–Kier alpha value is -2.18. The minimum absolute atomic E-state index is 0.00282. The van der Waals surface area contributed by atoms with E-state index in [2.05, 4.69) is 9.88 Å². The van der Waals surface area contributed by atoms with Gasteiger partial charge in [-0.15, -0.1) is 0 Å². The summed E-state index contributed by atoms with van der Waals surface area (Å²) < 4.78 is 1.82. The molecule has 1 amide bonds. The van der Waals surface area contributed by atoms with E-state index < -0.39 is 0 Å². The molecule has 0 aliphatic carbocycles. The molecular formula is C17H22N4O2. The molecule has 0 spiro atoms. The van der Waals surface area contributed by atoms with Gasteiger partial charge in [0.1, 0.15) is 5.69 Å². The number of amides is 1. The molecule has 0 saturated carbocycles. The van der Waals surface area contributed by atoms with Crippen LogP contribution < -0.4 is 0 Å². The van der Waals surface area contributed by atoms with Gasteiger partial charge < -0.3 is 10.0 Å². The molecule has 3 rings (SSSR count). The summed E-state index contributed by atoms with van der Waals surface area (Å²) in [4.78, 5) is 21.0. The average Bonchev–Trinajstić information content (AvgIpc) is 3.05. The summed E-state index contributed by atoms with van der Waals surface area (Å²) in [5.74, 6) is 0.00282. The lowest BCUT2D eigenvalue weighted by Crippen LogP contribution is -2.50. The predicted molar refractivity (Wildman–Crippen MR) is 87.6 cm³/mol. The van der Waals surface area contributed by atoms with Gasteiger partial charge in [-0.05, 0) is 19.1 Å². The van der Waals surface area contributed by atoms with Gasteiger partial charge in [0.25, 0.3) is 5.91 Å². The molecule has 23 heavy (non-hydrogen) atoms. The first-order chi connectivity index (χ1) is 11.1. The Morgan fingerprint density at radius 2 is 1.91 bits per heavy atom. The van der Waals surface area contributed by atoms with Crippen molar-refractivity contribution in [3.63, 3.8) is 0 Å². The predicted octanol–water partition coefficient (Wildman–Crippen LogP) is 1.01. The second kappa shape index (κ2) is 6.93. The van der Waals surface area contributed by atoms with Crippen molar-refractivity contribution in [3.05, 3.63) is 48.5 Å². The fraction of sp³-hybridized carbons (Fsp3) is 0.412. The Morgan fingerprint density at radius 3 is 2.57 bits per heavy atom. The van der Waals surface area contributed by atoms with Gasteiger partial charge in [-0.25, -0.2) is 4.98 Å². The Bertz CT molecular complexity index is 646. The van der Waals surface area contributed by atoms with Gasteiger partial charge in [0.15, 0.2) is 0 Å². The molecule has 1 aromatic carbocycles. The Balaban J connectivity index is 1.70. The number of piperazine rings is 1. The van der Waals surface area contributed by atoms with E-state index in [0.29, 0.717) is 25.3 Å². The van der Waals surface area contributed by atoms with Crippen molar-refractivity contribution >= 4 is 5.91 Å². The molecule has 0 bridgehead atoms. The number of nitrogens with zero attached hydrogens (tertiary/aromatic N) is 4. The van der Waals surface area contributed by atoms with Crippen LogP contribution in [0.5, 0.6) is 0 Å². The van der Waals surface area contributed by atoms with Crippen molar-refractivity contribution in [1.82, 2.24) is 19.4 Å². The van der Waals surface area contributed by atoms with Crippen molar-refractivity contribution in [2.45, 2.75) is 13.0 Å². The van der Waals surface area contributed by atoms with Crippen LogP contribution in [0.2, 0.25) is 0 Å². The lowest BCUT2D eigenvalue weighted by molar-refractivity contribution is 0.0547. The second-order valence-corrected chi connectivity index (χ2v) is 5.93. The highest BCUT2D eigenvalue weighted by Crippen LogP contribution is 2.14. The normalized spacial score (nSPS) is 17.2. The fourth-order valence-electron chi connectivity index (χ4n) is 2.92. The van der Waals surface area contributed by atoms with Gasteiger partial charge >= 0.3 is 0 Å². The van der Waals surface area contributed by atoms with Crippen LogP contribution in [0, 0.1) is 0 Å². The second-order valence-electron chi connectivity index (χ2n) is 5.93. The summed E-state index contributed by atoms with van der Waals surface area (Å²) >= 11 is 0. The summed E-state index contributed by atoms with van der Waals surface area (Å²) in [7, 11) is 0. The van der Waals surface area contributed by atoms with Gasteiger partial charge in [0.05, 0.1) is 18.6 Å². The minimum Gasteiger partial charge on any atom is -0.392 e. The largest absolute Gasteiger partial charge is 0.392 e. The number of rotatable bonds is 4.